The maximum atomic E-state index is 11.8. The topological polar surface area (TPSA) is 29.1 Å². The molecule has 0 aliphatic heterocycles. The van der Waals surface area contributed by atoms with Crippen LogP contribution < -0.4 is 5.32 Å². The van der Waals surface area contributed by atoms with Gasteiger partial charge in [0.2, 0.25) is 0 Å². The molecule has 17 heavy (non-hydrogen) atoms. The van der Waals surface area contributed by atoms with Gasteiger partial charge in [-0.15, -0.1) is 11.8 Å². The molecule has 0 rings (SSSR count). The van der Waals surface area contributed by atoms with Gasteiger partial charge in [-0.25, -0.2) is 0 Å². The number of Topliss-reactive ketones (excluding diaryl/α,β-unsaturated/α-hetero) is 1. The summed E-state index contributed by atoms with van der Waals surface area (Å²) >= 11 is 1.82. The second-order valence-electron chi connectivity index (χ2n) is 5.07. The van der Waals surface area contributed by atoms with Crippen molar-refractivity contribution >= 4 is 17.5 Å². The maximum Gasteiger partial charge on any atom is 0.145 e. The zero-order valence-electron chi connectivity index (χ0n) is 12.1. The Labute approximate surface area is 111 Å². The zero-order chi connectivity index (χ0) is 13.3. The van der Waals surface area contributed by atoms with E-state index in [0.717, 1.165) is 25.1 Å². The van der Waals surface area contributed by atoms with E-state index >= 15 is 0 Å². The molecule has 0 fully saturated rings. The Kier molecular flexibility index (Phi) is 9.94. The molecule has 1 unspecified atom stereocenters. The summed E-state index contributed by atoms with van der Waals surface area (Å²) in [4.78, 5) is 11.8. The minimum Gasteiger partial charge on any atom is -0.313 e. The fourth-order valence-corrected chi connectivity index (χ4v) is 2.99. The SMILES string of the molecule is CCC(=O)[C@@H](CC(C)C)SCCNC(C)CC. The van der Waals surface area contributed by atoms with Crippen LogP contribution in [-0.2, 0) is 4.79 Å². The third-order valence-corrected chi connectivity index (χ3v) is 4.22. The number of ketones is 1. The van der Waals surface area contributed by atoms with Crippen LogP contribution in [0.2, 0.25) is 0 Å². The van der Waals surface area contributed by atoms with Crippen LogP contribution in [0.1, 0.15) is 53.9 Å². The van der Waals surface area contributed by atoms with Crippen molar-refractivity contribution in [2.24, 2.45) is 5.92 Å². The van der Waals surface area contributed by atoms with E-state index in [4.69, 9.17) is 0 Å². The minimum atomic E-state index is 0.207. The number of carbonyl (C=O) groups excluding carboxylic acids is 1. The molecule has 0 saturated carbocycles. The molecule has 102 valence electrons. The van der Waals surface area contributed by atoms with Gasteiger partial charge in [-0.3, -0.25) is 4.79 Å². The maximum absolute atomic E-state index is 11.8. The molecule has 2 nitrogen and oxygen atoms in total. The van der Waals surface area contributed by atoms with Gasteiger partial charge in [0.05, 0.1) is 5.25 Å². The molecule has 2 atom stereocenters. The highest BCUT2D eigenvalue weighted by molar-refractivity contribution is 8.00. The zero-order valence-corrected chi connectivity index (χ0v) is 12.9. The molecule has 3 heteroatoms. The smallest absolute Gasteiger partial charge is 0.145 e. The lowest BCUT2D eigenvalue weighted by Gasteiger charge is -2.18. The van der Waals surface area contributed by atoms with Crippen molar-refractivity contribution < 1.29 is 4.79 Å². The fourth-order valence-electron chi connectivity index (χ4n) is 1.60. The van der Waals surface area contributed by atoms with E-state index in [1.165, 1.54) is 0 Å². The Morgan fingerprint density at radius 3 is 2.35 bits per heavy atom. The van der Waals surface area contributed by atoms with Crippen molar-refractivity contribution in [2.75, 3.05) is 12.3 Å². The summed E-state index contributed by atoms with van der Waals surface area (Å²) in [6, 6.07) is 0.584. The van der Waals surface area contributed by atoms with Crippen molar-refractivity contribution in [2.45, 2.75) is 65.2 Å². The normalized spacial score (nSPS) is 14.9. The van der Waals surface area contributed by atoms with Crippen molar-refractivity contribution in [1.82, 2.24) is 5.32 Å². The first kappa shape index (κ1) is 17.0. The number of hydrogen-bond donors (Lipinski definition) is 1. The second kappa shape index (κ2) is 9.95. The molecule has 0 bridgehead atoms. The lowest BCUT2D eigenvalue weighted by Crippen LogP contribution is -2.28. The molecule has 0 aliphatic carbocycles. The quantitative estimate of drug-likeness (QED) is 0.609. The van der Waals surface area contributed by atoms with Gasteiger partial charge in [-0.2, -0.15) is 0 Å². The Hall–Kier alpha value is -0.0200. The highest BCUT2D eigenvalue weighted by Gasteiger charge is 2.18. The van der Waals surface area contributed by atoms with Gasteiger partial charge >= 0.3 is 0 Å². The highest BCUT2D eigenvalue weighted by atomic mass is 32.2. The van der Waals surface area contributed by atoms with Crippen LogP contribution in [0.25, 0.3) is 0 Å². The van der Waals surface area contributed by atoms with Crippen LogP contribution in [0.15, 0.2) is 0 Å². The standard InChI is InChI=1S/C14H29NOS/c1-6-12(5)15-8-9-17-14(10-11(3)4)13(16)7-2/h11-12,14-15H,6-10H2,1-5H3/t12?,14-/m1/s1. The molecule has 0 spiro atoms. The van der Waals surface area contributed by atoms with Crippen LogP contribution >= 0.6 is 11.8 Å². The molecule has 0 heterocycles. The summed E-state index contributed by atoms with van der Waals surface area (Å²) in [6.07, 6.45) is 2.85. The molecule has 0 aromatic carbocycles. The number of thioether (sulfide) groups is 1. The predicted octanol–water partition coefficient (Wildman–Crippen LogP) is 3.50. The molecule has 0 aromatic rings. The van der Waals surface area contributed by atoms with Crippen LogP contribution in [0.4, 0.5) is 0 Å². The first-order valence-corrected chi connectivity index (χ1v) is 7.93. The van der Waals surface area contributed by atoms with Crippen LogP contribution in [0, 0.1) is 5.92 Å². The van der Waals surface area contributed by atoms with E-state index in [9.17, 15) is 4.79 Å². The molecule has 0 saturated heterocycles. The van der Waals surface area contributed by atoms with Crippen molar-refractivity contribution in [3.05, 3.63) is 0 Å². The monoisotopic (exact) mass is 259 g/mol. The minimum absolute atomic E-state index is 0.207. The van der Waals surface area contributed by atoms with Gasteiger partial charge < -0.3 is 5.32 Å². The third-order valence-electron chi connectivity index (χ3n) is 2.92. The van der Waals surface area contributed by atoms with E-state index < -0.39 is 0 Å². The van der Waals surface area contributed by atoms with Gasteiger partial charge in [0.1, 0.15) is 5.78 Å². The predicted molar refractivity (Wildman–Crippen MR) is 78.8 cm³/mol. The summed E-state index contributed by atoms with van der Waals surface area (Å²) in [5, 5.41) is 3.67. The van der Waals surface area contributed by atoms with E-state index in [-0.39, 0.29) is 5.25 Å². The molecule has 0 aliphatic rings. The summed E-state index contributed by atoms with van der Waals surface area (Å²) < 4.78 is 0. The summed E-state index contributed by atoms with van der Waals surface area (Å²) in [5.74, 6) is 2.05. The van der Waals surface area contributed by atoms with E-state index in [2.05, 4.69) is 33.0 Å². The van der Waals surface area contributed by atoms with Crippen LogP contribution in [0.3, 0.4) is 0 Å². The molecular weight excluding hydrogens is 230 g/mol. The van der Waals surface area contributed by atoms with Gasteiger partial charge in [0.25, 0.3) is 0 Å². The Balaban J connectivity index is 3.87. The highest BCUT2D eigenvalue weighted by Crippen LogP contribution is 2.21. The number of carbonyl (C=O) groups is 1. The van der Waals surface area contributed by atoms with Gasteiger partial charge in [0.15, 0.2) is 0 Å². The Morgan fingerprint density at radius 1 is 1.24 bits per heavy atom. The van der Waals surface area contributed by atoms with Gasteiger partial charge in [-0.05, 0) is 25.7 Å². The van der Waals surface area contributed by atoms with E-state index in [1.54, 1.807) is 0 Å². The summed E-state index contributed by atoms with van der Waals surface area (Å²) in [5.41, 5.74) is 0. The van der Waals surface area contributed by atoms with Crippen molar-refractivity contribution in [3.8, 4) is 0 Å². The van der Waals surface area contributed by atoms with E-state index in [0.29, 0.717) is 24.2 Å². The summed E-state index contributed by atoms with van der Waals surface area (Å²) in [7, 11) is 0. The number of rotatable bonds is 10. The van der Waals surface area contributed by atoms with Crippen LogP contribution in [0.5, 0.6) is 0 Å². The first-order chi connectivity index (χ1) is 8.01. The summed E-state index contributed by atoms with van der Waals surface area (Å²) in [6.45, 7) is 11.7. The second-order valence-corrected chi connectivity index (χ2v) is 6.38. The molecular formula is C14H29NOS. The van der Waals surface area contributed by atoms with Crippen molar-refractivity contribution in [1.29, 1.82) is 0 Å². The molecule has 1 N–H and O–H groups in total. The van der Waals surface area contributed by atoms with Crippen molar-refractivity contribution in [3.63, 3.8) is 0 Å². The number of hydrogen-bond acceptors (Lipinski definition) is 3. The van der Waals surface area contributed by atoms with Gasteiger partial charge in [-0.1, -0.05) is 27.7 Å². The Morgan fingerprint density at radius 2 is 1.88 bits per heavy atom. The lowest BCUT2D eigenvalue weighted by molar-refractivity contribution is -0.118. The molecule has 0 amide bonds. The third kappa shape index (κ3) is 8.67. The lowest BCUT2D eigenvalue weighted by atomic mass is 10.0. The first-order valence-electron chi connectivity index (χ1n) is 6.88. The number of nitrogens with one attached hydrogen (secondary N) is 1. The fraction of sp³-hybridized carbons (Fsp3) is 0.929. The average Bonchev–Trinajstić information content (AvgIpc) is 2.31. The van der Waals surface area contributed by atoms with E-state index in [1.807, 2.05) is 18.7 Å². The van der Waals surface area contributed by atoms with Gasteiger partial charge in [0, 0.05) is 24.8 Å². The Bertz CT molecular complexity index is 206. The largest absolute Gasteiger partial charge is 0.313 e. The molecule has 0 radical (unpaired) electrons. The average molecular weight is 259 g/mol. The van der Waals surface area contributed by atoms with Crippen LogP contribution in [-0.4, -0.2) is 29.4 Å². The molecule has 0 aromatic heterocycles.